The van der Waals surface area contributed by atoms with Gasteiger partial charge in [-0.2, -0.15) is 0 Å². The average Bonchev–Trinajstić information content (AvgIpc) is 1.98. The summed E-state index contributed by atoms with van der Waals surface area (Å²) in [5.74, 6) is -1.51. The maximum atomic E-state index is 11.0. The minimum Gasteiger partial charge on any atom is -0.550 e. The van der Waals surface area contributed by atoms with Gasteiger partial charge >= 0.3 is 66.6 Å². The van der Waals surface area contributed by atoms with Crippen molar-refractivity contribution in [1.29, 1.82) is 0 Å². The molecule has 0 aliphatic rings. The molecule has 0 heterocycles. The number of carboxylic acids is 1. The molecule has 0 aromatic heterocycles. The van der Waals surface area contributed by atoms with Gasteiger partial charge in [0.15, 0.2) is 0 Å². The molecule has 0 spiro atoms. The van der Waals surface area contributed by atoms with Crippen molar-refractivity contribution < 1.29 is 90.0 Å². The minimum atomic E-state index is -5.16. The van der Waals surface area contributed by atoms with Gasteiger partial charge in [0.2, 0.25) is 5.02 Å². The van der Waals surface area contributed by atoms with Crippen LogP contribution in [0.3, 0.4) is 0 Å². The summed E-state index contributed by atoms with van der Waals surface area (Å²) in [6.45, 7) is 0.0961. The normalized spacial score (nSPS) is 13.0. The van der Waals surface area contributed by atoms with Crippen LogP contribution < -0.4 is 61.8 Å². The Labute approximate surface area is 140 Å². The standard InChI is InChI=1S/C5H13NO8P2.K/c1-5(15(9,10)11,16(12,13)14)6-3-2-4(7)8;/h6H,2-3H2,1H3,(H,7,8)(H2,9,10,11)(H2,12,13,14);/q;+1/p-1. The predicted octanol–water partition coefficient (Wildman–Crippen LogP) is -5.25. The van der Waals surface area contributed by atoms with E-state index in [1.54, 1.807) is 0 Å². The molecule has 0 amide bonds. The Morgan fingerprint density at radius 3 is 1.82 bits per heavy atom. The summed E-state index contributed by atoms with van der Waals surface area (Å²) in [5.41, 5.74) is 0. The molecule has 0 bridgehead atoms. The van der Waals surface area contributed by atoms with Crippen LogP contribution in [0.2, 0.25) is 0 Å². The molecule has 0 fully saturated rings. The van der Waals surface area contributed by atoms with Crippen LogP contribution >= 0.6 is 15.2 Å². The maximum Gasteiger partial charge on any atom is 1.00 e. The summed E-state index contributed by atoms with van der Waals surface area (Å²) >= 11 is 0. The molecule has 17 heavy (non-hydrogen) atoms. The second kappa shape index (κ2) is 7.23. The summed E-state index contributed by atoms with van der Waals surface area (Å²) in [4.78, 5) is 45.4. The molecule has 9 nitrogen and oxygen atoms in total. The molecule has 0 aliphatic carbocycles. The fraction of sp³-hybridized carbons (Fsp3) is 0.800. The average molecular weight is 315 g/mol. The fourth-order valence-electron chi connectivity index (χ4n) is 0.777. The topological polar surface area (TPSA) is 167 Å². The molecule has 0 unspecified atom stereocenters. The van der Waals surface area contributed by atoms with Gasteiger partial charge in [-0.3, -0.25) is 14.4 Å². The van der Waals surface area contributed by atoms with E-state index in [0.29, 0.717) is 6.92 Å². The Morgan fingerprint density at radius 2 is 1.59 bits per heavy atom. The first-order chi connectivity index (χ1) is 6.92. The molecule has 0 rings (SSSR count). The van der Waals surface area contributed by atoms with Gasteiger partial charge in [-0.05, 0) is 13.3 Å². The van der Waals surface area contributed by atoms with E-state index in [9.17, 15) is 19.0 Å². The Balaban J connectivity index is 0. The zero-order valence-electron chi connectivity index (χ0n) is 9.23. The van der Waals surface area contributed by atoms with Gasteiger partial charge < -0.3 is 29.5 Å². The van der Waals surface area contributed by atoms with Gasteiger partial charge in [0.25, 0.3) is 0 Å². The van der Waals surface area contributed by atoms with Crippen LogP contribution in [0.25, 0.3) is 0 Å². The van der Waals surface area contributed by atoms with E-state index in [1.165, 1.54) is 0 Å². The van der Waals surface area contributed by atoms with E-state index in [-0.39, 0.29) is 51.4 Å². The van der Waals surface area contributed by atoms with Gasteiger partial charge in [0.05, 0.1) is 0 Å². The molecule has 0 saturated carbocycles. The van der Waals surface area contributed by atoms with Crippen molar-refractivity contribution in [3.05, 3.63) is 0 Å². The summed E-state index contributed by atoms with van der Waals surface area (Å²) in [7, 11) is -10.3. The number of nitrogens with one attached hydrogen (secondary N) is 1. The Hall–Kier alpha value is 1.37. The predicted molar refractivity (Wildman–Crippen MR) is 50.1 cm³/mol. The Kier molecular flexibility index (Phi) is 8.79. The molecule has 0 aliphatic heterocycles. The third kappa shape index (κ3) is 5.90. The number of hydrogen-bond donors (Lipinski definition) is 5. The summed E-state index contributed by atoms with van der Waals surface area (Å²) in [6, 6.07) is 0. The van der Waals surface area contributed by atoms with Gasteiger partial charge in [0, 0.05) is 12.5 Å². The van der Waals surface area contributed by atoms with E-state index in [0.717, 1.165) is 0 Å². The maximum absolute atomic E-state index is 11.0. The summed E-state index contributed by atoms with van der Waals surface area (Å²) in [5, 5.41) is 9.11. The molecular formula is C5H12KNO8P2. The fourth-order valence-corrected chi connectivity index (χ4v) is 2.77. The van der Waals surface area contributed by atoms with Gasteiger partial charge in [-0.25, -0.2) is 0 Å². The van der Waals surface area contributed by atoms with Gasteiger partial charge in [-0.15, -0.1) is 0 Å². The third-order valence-electron chi connectivity index (χ3n) is 1.92. The smallest absolute Gasteiger partial charge is 0.550 e. The SMILES string of the molecule is CC(NCCC(=O)[O-])(P(=O)(O)O)P(=O)(O)O.[K+]. The molecule has 12 heteroatoms. The van der Waals surface area contributed by atoms with Crippen molar-refractivity contribution in [3.8, 4) is 0 Å². The zero-order valence-corrected chi connectivity index (χ0v) is 14.1. The number of rotatable bonds is 6. The number of hydrogen-bond acceptors (Lipinski definition) is 5. The van der Waals surface area contributed by atoms with Crippen molar-refractivity contribution in [2.24, 2.45) is 0 Å². The van der Waals surface area contributed by atoms with Gasteiger partial charge in [-0.1, -0.05) is 0 Å². The Morgan fingerprint density at radius 1 is 1.24 bits per heavy atom. The first-order valence-electron chi connectivity index (χ1n) is 3.98. The van der Waals surface area contributed by atoms with E-state index >= 15 is 0 Å². The van der Waals surface area contributed by atoms with Crippen LogP contribution in [0.15, 0.2) is 0 Å². The summed E-state index contributed by atoms with van der Waals surface area (Å²) < 4.78 is 21.9. The minimum absolute atomic E-state index is 0. The number of carbonyl (C=O) groups is 1. The molecule has 96 valence electrons. The number of aliphatic carboxylic acids is 1. The molecule has 5 N–H and O–H groups in total. The van der Waals surface area contributed by atoms with Crippen LogP contribution in [0.5, 0.6) is 0 Å². The first kappa shape index (κ1) is 20.7. The van der Waals surface area contributed by atoms with E-state index in [1.807, 2.05) is 5.32 Å². The molecule has 0 radical (unpaired) electrons. The van der Waals surface area contributed by atoms with Gasteiger partial charge in [0.1, 0.15) is 0 Å². The second-order valence-corrected chi connectivity index (χ2v) is 7.48. The van der Waals surface area contributed by atoms with Crippen molar-refractivity contribution in [2.75, 3.05) is 6.54 Å². The largest absolute Gasteiger partial charge is 1.00 e. The monoisotopic (exact) mass is 315 g/mol. The van der Waals surface area contributed by atoms with Crippen molar-refractivity contribution in [2.45, 2.75) is 18.4 Å². The van der Waals surface area contributed by atoms with E-state index in [4.69, 9.17) is 19.6 Å². The van der Waals surface area contributed by atoms with E-state index < -0.39 is 39.1 Å². The second-order valence-electron chi connectivity index (χ2n) is 3.16. The molecule has 0 saturated heterocycles. The van der Waals surface area contributed by atoms with Crippen molar-refractivity contribution in [1.82, 2.24) is 5.32 Å². The van der Waals surface area contributed by atoms with E-state index in [2.05, 4.69) is 0 Å². The number of carboxylic acid groups (broad SMARTS) is 1. The van der Waals surface area contributed by atoms with Crippen LogP contribution in [0, 0.1) is 0 Å². The quantitative estimate of drug-likeness (QED) is 0.237. The number of carbonyl (C=O) groups excluding carboxylic acids is 1. The van der Waals surface area contributed by atoms with Crippen LogP contribution in [0.4, 0.5) is 0 Å². The molecule has 0 atom stereocenters. The molecule has 0 aromatic carbocycles. The Bertz CT molecular complexity index is 339. The van der Waals surface area contributed by atoms with Crippen LogP contribution in [-0.2, 0) is 13.9 Å². The van der Waals surface area contributed by atoms with Crippen LogP contribution in [-0.4, -0.2) is 37.1 Å². The van der Waals surface area contributed by atoms with Crippen molar-refractivity contribution >= 4 is 21.2 Å². The molecular weight excluding hydrogens is 303 g/mol. The van der Waals surface area contributed by atoms with Crippen molar-refractivity contribution in [3.63, 3.8) is 0 Å². The third-order valence-corrected chi connectivity index (χ3v) is 6.07. The first-order valence-corrected chi connectivity index (χ1v) is 7.20. The summed E-state index contributed by atoms with van der Waals surface area (Å²) in [6.07, 6.45) is -0.629. The molecule has 0 aromatic rings. The van der Waals surface area contributed by atoms with Crippen LogP contribution in [0.1, 0.15) is 13.3 Å². The zero-order chi connectivity index (χ0) is 13.2.